The van der Waals surface area contributed by atoms with Crippen LogP contribution in [0.1, 0.15) is 23.4 Å². The van der Waals surface area contributed by atoms with E-state index in [4.69, 9.17) is 4.52 Å². The van der Waals surface area contributed by atoms with Crippen LogP contribution in [0.15, 0.2) is 68.7 Å². The molecule has 0 bridgehead atoms. The molecular formula is C23H22N4O4S2. The quantitative estimate of drug-likeness (QED) is 0.373. The molecule has 10 heteroatoms. The highest BCUT2D eigenvalue weighted by atomic mass is 32.2. The summed E-state index contributed by atoms with van der Waals surface area (Å²) >= 11 is 1.54. The number of nitrogens with one attached hydrogen (secondary N) is 2. The molecule has 4 rings (SSSR count). The van der Waals surface area contributed by atoms with Gasteiger partial charge in [-0.1, -0.05) is 23.4 Å². The fourth-order valence-electron chi connectivity index (χ4n) is 3.12. The lowest BCUT2D eigenvalue weighted by Gasteiger charge is -2.12. The number of thiophene rings is 1. The third-order valence-electron chi connectivity index (χ3n) is 4.88. The summed E-state index contributed by atoms with van der Waals surface area (Å²) in [6.07, 6.45) is 0.387. The molecule has 0 unspecified atom stereocenters. The van der Waals surface area contributed by atoms with Gasteiger partial charge in [0.1, 0.15) is 0 Å². The zero-order chi connectivity index (χ0) is 23.4. The Hall–Kier alpha value is -3.50. The lowest BCUT2D eigenvalue weighted by atomic mass is 10.2. The number of hydrogen-bond donors (Lipinski definition) is 2. The standard InChI is InChI=1S/C23H22N4O4S2/c1-15-4-3-5-18(12-15)27-33(29,30)19-7-6-16(2)20(13-19)24-21(28)8-9-22-25-23(26-31-22)17-10-11-32-14-17/h3-7,10-14,27H,8-9H2,1-2H3,(H,24,28). The number of aromatic nitrogens is 2. The fraction of sp³-hybridized carbons (Fsp3) is 0.174. The van der Waals surface area contributed by atoms with Crippen molar-refractivity contribution in [3.8, 4) is 11.4 Å². The molecule has 2 heterocycles. The van der Waals surface area contributed by atoms with Crippen LogP contribution in [0.25, 0.3) is 11.4 Å². The first-order chi connectivity index (χ1) is 15.8. The molecule has 0 aliphatic heterocycles. The van der Waals surface area contributed by atoms with E-state index in [1.807, 2.05) is 29.8 Å². The minimum Gasteiger partial charge on any atom is -0.339 e. The van der Waals surface area contributed by atoms with Crippen molar-refractivity contribution in [1.29, 1.82) is 0 Å². The number of nitrogens with zero attached hydrogens (tertiary/aromatic N) is 2. The maximum Gasteiger partial charge on any atom is 0.261 e. The number of carbonyl (C=O) groups is 1. The van der Waals surface area contributed by atoms with E-state index in [0.717, 1.165) is 16.7 Å². The molecule has 0 aliphatic rings. The van der Waals surface area contributed by atoms with Gasteiger partial charge in [0.25, 0.3) is 10.0 Å². The van der Waals surface area contributed by atoms with E-state index >= 15 is 0 Å². The summed E-state index contributed by atoms with van der Waals surface area (Å²) < 4.78 is 33.4. The molecule has 8 nitrogen and oxygen atoms in total. The summed E-state index contributed by atoms with van der Waals surface area (Å²) in [7, 11) is -3.81. The first-order valence-electron chi connectivity index (χ1n) is 10.2. The molecule has 1 amide bonds. The van der Waals surface area contributed by atoms with Gasteiger partial charge in [0.05, 0.1) is 4.90 Å². The number of anilines is 2. The van der Waals surface area contributed by atoms with Gasteiger partial charge < -0.3 is 9.84 Å². The van der Waals surface area contributed by atoms with E-state index in [0.29, 0.717) is 23.1 Å². The van der Waals surface area contributed by atoms with Crippen molar-refractivity contribution >= 4 is 38.6 Å². The predicted molar refractivity (Wildman–Crippen MR) is 128 cm³/mol. The Bertz CT molecular complexity index is 1380. The van der Waals surface area contributed by atoms with Crippen LogP contribution in [0.3, 0.4) is 0 Å². The second-order valence-corrected chi connectivity index (χ2v) is 9.99. The van der Waals surface area contributed by atoms with Gasteiger partial charge in [0.15, 0.2) is 0 Å². The molecule has 2 N–H and O–H groups in total. The zero-order valence-corrected chi connectivity index (χ0v) is 19.7. The molecule has 33 heavy (non-hydrogen) atoms. The van der Waals surface area contributed by atoms with Gasteiger partial charge in [-0.05, 0) is 60.7 Å². The lowest BCUT2D eigenvalue weighted by molar-refractivity contribution is -0.116. The minimum atomic E-state index is -3.81. The highest BCUT2D eigenvalue weighted by molar-refractivity contribution is 7.92. The van der Waals surface area contributed by atoms with Crippen molar-refractivity contribution in [2.75, 3.05) is 10.0 Å². The van der Waals surface area contributed by atoms with Gasteiger partial charge in [-0.15, -0.1) is 0 Å². The SMILES string of the molecule is Cc1cccc(NS(=O)(=O)c2ccc(C)c(NC(=O)CCc3nc(-c4ccsc4)no3)c2)c1. The second kappa shape index (κ2) is 9.55. The van der Waals surface area contributed by atoms with Crippen LogP contribution in [0.4, 0.5) is 11.4 Å². The number of carbonyl (C=O) groups excluding carboxylic acids is 1. The highest BCUT2D eigenvalue weighted by Crippen LogP contribution is 2.23. The Kier molecular flexibility index (Phi) is 6.57. The smallest absolute Gasteiger partial charge is 0.261 e. The molecule has 0 fully saturated rings. The zero-order valence-electron chi connectivity index (χ0n) is 18.0. The van der Waals surface area contributed by atoms with Gasteiger partial charge in [-0.3, -0.25) is 9.52 Å². The van der Waals surface area contributed by atoms with Gasteiger partial charge in [0.2, 0.25) is 17.6 Å². The molecule has 2 aromatic heterocycles. The second-order valence-electron chi connectivity index (χ2n) is 7.52. The van der Waals surface area contributed by atoms with Crippen LogP contribution in [-0.2, 0) is 21.2 Å². The molecule has 0 atom stereocenters. The van der Waals surface area contributed by atoms with Gasteiger partial charge in [0, 0.05) is 35.2 Å². The summed E-state index contributed by atoms with van der Waals surface area (Å²) in [5.41, 5.74) is 3.46. The predicted octanol–water partition coefficient (Wildman–Crippen LogP) is 4.79. The Morgan fingerprint density at radius 2 is 1.97 bits per heavy atom. The van der Waals surface area contributed by atoms with E-state index in [1.54, 1.807) is 31.2 Å². The van der Waals surface area contributed by atoms with Crippen molar-refractivity contribution < 1.29 is 17.7 Å². The lowest BCUT2D eigenvalue weighted by Crippen LogP contribution is -2.16. The molecule has 0 saturated heterocycles. The normalized spacial score (nSPS) is 11.3. The topological polar surface area (TPSA) is 114 Å². The molecular weight excluding hydrogens is 460 g/mol. The van der Waals surface area contributed by atoms with Crippen molar-refractivity contribution in [3.63, 3.8) is 0 Å². The Morgan fingerprint density at radius 1 is 1.12 bits per heavy atom. The first-order valence-corrected chi connectivity index (χ1v) is 12.6. The van der Waals surface area contributed by atoms with E-state index in [2.05, 4.69) is 20.2 Å². The Labute approximate surface area is 195 Å². The van der Waals surface area contributed by atoms with Crippen LogP contribution >= 0.6 is 11.3 Å². The molecule has 170 valence electrons. The number of amides is 1. The first kappa shape index (κ1) is 22.7. The molecule has 0 saturated carbocycles. The maximum absolute atomic E-state index is 12.8. The van der Waals surface area contributed by atoms with E-state index in [-0.39, 0.29) is 23.6 Å². The van der Waals surface area contributed by atoms with E-state index < -0.39 is 10.0 Å². The summed E-state index contributed by atoms with van der Waals surface area (Å²) in [6.45, 7) is 3.68. The molecule has 0 radical (unpaired) electrons. The Morgan fingerprint density at radius 3 is 2.73 bits per heavy atom. The van der Waals surface area contributed by atoms with Crippen molar-refractivity contribution in [2.24, 2.45) is 0 Å². The van der Waals surface area contributed by atoms with Gasteiger partial charge in [-0.25, -0.2) is 8.42 Å². The number of sulfonamides is 1. The number of rotatable bonds is 8. The van der Waals surface area contributed by atoms with Crippen LogP contribution in [0.5, 0.6) is 0 Å². The monoisotopic (exact) mass is 482 g/mol. The molecule has 0 aliphatic carbocycles. The van der Waals surface area contributed by atoms with E-state index in [9.17, 15) is 13.2 Å². The molecule has 2 aromatic carbocycles. The number of benzene rings is 2. The van der Waals surface area contributed by atoms with Crippen molar-refractivity contribution in [2.45, 2.75) is 31.6 Å². The molecule has 4 aromatic rings. The fourth-order valence-corrected chi connectivity index (χ4v) is 4.83. The van der Waals surface area contributed by atoms with Crippen molar-refractivity contribution in [3.05, 3.63) is 76.3 Å². The van der Waals surface area contributed by atoms with Crippen LogP contribution in [0, 0.1) is 13.8 Å². The number of hydrogen-bond acceptors (Lipinski definition) is 7. The number of aryl methyl sites for hydroxylation is 3. The minimum absolute atomic E-state index is 0.0576. The largest absolute Gasteiger partial charge is 0.339 e. The van der Waals surface area contributed by atoms with E-state index in [1.165, 1.54) is 23.5 Å². The Balaban J connectivity index is 1.41. The average molecular weight is 483 g/mol. The third kappa shape index (κ3) is 5.65. The van der Waals surface area contributed by atoms with Crippen LogP contribution < -0.4 is 10.0 Å². The van der Waals surface area contributed by atoms with Crippen LogP contribution in [0.2, 0.25) is 0 Å². The van der Waals surface area contributed by atoms with Gasteiger partial charge >= 0.3 is 0 Å². The summed E-state index contributed by atoms with van der Waals surface area (Å²) in [5.74, 6) is 0.567. The van der Waals surface area contributed by atoms with Crippen LogP contribution in [-0.4, -0.2) is 24.5 Å². The summed E-state index contributed by atoms with van der Waals surface area (Å²) in [6, 6.07) is 13.6. The van der Waals surface area contributed by atoms with Crippen molar-refractivity contribution in [1.82, 2.24) is 10.1 Å². The summed E-state index contributed by atoms with van der Waals surface area (Å²) in [4.78, 5) is 16.9. The third-order valence-corrected chi connectivity index (χ3v) is 6.94. The average Bonchev–Trinajstić information content (AvgIpc) is 3.45. The maximum atomic E-state index is 12.8. The highest BCUT2D eigenvalue weighted by Gasteiger charge is 2.17. The van der Waals surface area contributed by atoms with Gasteiger partial charge in [-0.2, -0.15) is 16.3 Å². The summed E-state index contributed by atoms with van der Waals surface area (Å²) in [5, 5.41) is 10.5. The molecule has 0 spiro atoms.